The molecule has 1 aliphatic heterocycles. The lowest BCUT2D eigenvalue weighted by molar-refractivity contribution is -0.0748. The van der Waals surface area contributed by atoms with E-state index in [1.54, 1.807) is 0 Å². The third kappa shape index (κ3) is 3.20. The maximum atomic E-state index is 10.4. The van der Waals surface area contributed by atoms with Crippen molar-refractivity contribution in [2.75, 3.05) is 39.5 Å². The van der Waals surface area contributed by atoms with Gasteiger partial charge in [0, 0.05) is 31.9 Å². The quantitative estimate of drug-likeness (QED) is 0.742. The summed E-state index contributed by atoms with van der Waals surface area (Å²) in [4.78, 5) is 2.65. The summed E-state index contributed by atoms with van der Waals surface area (Å²) in [6.07, 6.45) is 8.99. The Balaban J connectivity index is 1.49. The number of aliphatic hydroxyl groups excluding tert-OH is 1. The summed E-state index contributed by atoms with van der Waals surface area (Å²) < 4.78 is 5.64. The van der Waals surface area contributed by atoms with Gasteiger partial charge in [-0.1, -0.05) is 26.0 Å². The van der Waals surface area contributed by atoms with Crippen LogP contribution in [0, 0.1) is 34.5 Å². The van der Waals surface area contributed by atoms with Crippen LogP contribution in [0.4, 0.5) is 0 Å². The fourth-order valence-corrected chi connectivity index (χ4v) is 7.76. The average Bonchev–Trinajstić information content (AvgIpc) is 3.31. The molecule has 6 atom stereocenters. The summed E-state index contributed by atoms with van der Waals surface area (Å²) in [6, 6.07) is 0. The van der Waals surface area contributed by atoms with Gasteiger partial charge >= 0.3 is 0 Å². The predicted molar refractivity (Wildman–Crippen MR) is 118 cm³/mol. The minimum atomic E-state index is 0.119. The Morgan fingerprint density at radius 3 is 2.83 bits per heavy atom. The molecule has 0 aromatic carbocycles. The molecule has 5 nitrogen and oxygen atoms in total. The zero-order valence-electron chi connectivity index (χ0n) is 18.8. The van der Waals surface area contributed by atoms with Crippen molar-refractivity contribution in [1.29, 1.82) is 0 Å². The molecule has 5 heteroatoms. The molecule has 2 saturated carbocycles. The third-order valence-electron chi connectivity index (χ3n) is 9.79. The molecule has 0 spiro atoms. The molecule has 1 aromatic rings. The molecule has 3 fully saturated rings. The molecule has 4 aliphatic rings. The molecule has 2 heterocycles. The SMILES string of the molecule is C=C1CCC2C(CN3CCOCC3)C([C@]3(C)Cc4cn[nH]c4C[C@@H]3CO)CCC12C. The normalized spacial score (nSPS) is 42.2. The van der Waals surface area contributed by atoms with Crippen molar-refractivity contribution >= 4 is 0 Å². The van der Waals surface area contributed by atoms with Gasteiger partial charge in [-0.15, -0.1) is 0 Å². The molecule has 0 amide bonds. The van der Waals surface area contributed by atoms with Crippen LogP contribution in [0.15, 0.2) is 18.3 Å². The Bertz CT molecular complexity index is 785. The molecule has 5 rings (SSSR count). The highest BCUT2D eigenvalue weighted by atomic mass is 16.5. The molecule has 166 valence electrons. The first-order valence-corrected chi connectivity index (χ1v) is 12.1. The van der Waals surface area contributed by atoms with E-state index in [2.05, 4.69) is 35.5 Å². The minimum absolute atomic E-state index is 0.119. The second-order valence-electron chi connectivity index (χ2n) is 11.0. The zero-order valence-corrected chi connectivity index (χ0v) is 18.8. The second-order valence-corrected chi connectivity index (χ2v) is 11.0. The monoisotopic (exact) mass is 413 g/mol. The van der Waals surface area contributed by atoms with Gasteiger partial charge in [0.1, 0.15) is 0 Å². The zero-order chi connectivity index (χ0) is 20.9. The first-order valence-electron chi connectivity index (χ1n) is 12.1. The number of fused-ring (bicyclic) bond motifs is 2. The smallest absolute Gasteiger partial charge is 0.0594 e. The number of aromatic nitrogens is 2. The van der Waals surface area contributed by atoms with Crippen LogP contribution in [0.2, 0.25) is 0 Å². The first kappa shape index (κ1) is 20.7. The Morgan fingerprint density at radius 1 is 1.27 bits per heavy atom. The van der Waals surface area contributed by atoms with E-state index in [0.29, 0.717) is 29.1 Å². The topological polar surface area (TPSA) is 61.4 Å². The summed E-state index contributed by atoms with van der Waals surface area (Å²) in [6.45, 7) is 14.8. The van der Waals surface area contributed by atoms with Crippen LogP contribution in [-0.4, -0.2) is 59.7 Å². The molecule has 4 unspecified atom stereocenters. The van der Waals surface area contributed by atoms with E-state index in [-0.39, 0.29) is 12.0 Å². The molecular weight excluding hydrogens is 374 g/mol. The average molecular weight is 414 g/mol. The number of morpholine rings is 1. The Morgan fingerprint density at radius 2 is 2.07 bits per heavy atom. The number of aromatic amines is 1. The van der Waals surface area contributed by atoms with Gasteiger partial charge in [-0.25, -0.2) is 0 Å². The Kier molecular flexibility index (Phi) is 5.35. The van der Waals surface area contributed by atoms with Gasteiger partial charge in [0.05, 0.1) is 19.4 Å². The third-order valence-corrected chi connectivity index (χ3v) is 9.79. The van der Waals surface area contributed by atoms with Gasteiger partial charge in [0.25, 0.3) is 0 Å². The fraction of sp³-hybridized carbons (Fsp3) is 0.800. The highest BCUT2D eigenvalue weighted by molar-refractivity contribution is 5.26. The Hall–Kier alpha value is -1.17. The van der Waals surface area contributed by atoms with Gasteiger partial charge in [0.2, 0.25) is 0 Å². The molecule has 3 aliphatic carbocycles. The van der Waals surface area contributed by atoms with Crippen LogP contribution in [0.5, 0.6) is 0 Å². The van der Waals surface area contributed by atoms with Crippen molar-refractivity contribution in [1.82, 2.24) is 15.1 Å². The molecule has 1 saturated heterocycles. The number of ether oxygens (including phenoxy) is 1. The second kappa shape index (κ2) is 7.75. The standard InChI is InChI=1S/C25H39N3O2/c1-17-4-5-21-20(15-28-8-10-30-11-9-28)22(6-7-24(17,21)2)25(3)13-18-14-26-27-23(18)12-19(25)16-29/h14,19-22,29H,1,4-13,15-16H2,2-3H3,(H,26,27)/t19-,20?,21?,22?,24?,25-/m1/s1. The number of hydrogen-bond acceptors (Lipinski definition) is 4. The van der Waals surface area contributed by atoms with Gasteiger partial charge in [-0.2, -0.15) is 5.10 Å². The van der Waals surface area contributed by atoms with Crippen LogP contribution in [0.25, 0.3) is 0 Å². The van der Waals surface area contributed by atoms with Gasteiger partial charge < -0.3 is 9.84 Å². The molecule has 1 aromatic heterocycles. The van der Waals surface area contributed by atoms with E-state index in [1.807, 2.05) is 6.20 Å². The van der Waals surface area contributed by atoms with E-state index in [0.717, 1.165) is 39.1 Å². The van der Waals surface area contributed by atoms with Crippen LogP contribution in [-0.2, 0) is 17.6 Å². The molecule has 2 N–H and O–H groups in total. The molecule has 0 bridgehead atoms. The number of nitrogens with zero attached hydrogens (tertiary/aromatic N) is 2. The van der Waals surface area contributed by atoms with Crippen molar-refractivity contribution < 1.29 is 9.84 Å². The predicted octanol–water partition coefficient (Wildman–Crippen LogP) is 3.45. The van der Waals surface area contributed by atoms with Crippen LogP contribution < -0.4 is 0 Å². The van der Waals surface area contributed by atoms with Crippen LogP contribution in [0.1, 0.15) is 50.8 Å². The number of allylic oxidation sites excluding steroid dienone is 1. The largest absolute Gasteiger partial charge is 0.396 e. The van der Waals surface area contributed by atoms with E-state index < -0.39 is 0 Å². The lowest BCUT2D eigenvalue weighted by atomic mass is 9.49. The number of H-pyrrole nitrogens is 1. The lowest BCUT2D eigenvalue weighted by Crippen LogP contribution is -2.54. The summed E-state index contributed by atoms with van der Waals surface area (Å²) in [5.74, 6) is 2.31. The van der Waals surface area contributed by atoms with Crippen molar-refractivity contribution in [2.24, 2.45) is 34.5 Å². The number of nitrogens with one attached hydrogen (secondary N) is 1. The van der Waals surface area contributed by atoms with Crippen molar-refractivity contribution in [2.45, 2.75) is 52.4 Å². The first-order chi connectivity index (χ1) is 14.5. The van der Waals surface area contributed by atoms with Crippen molar-refractivity contribution in [3.8, 4) is 0 Å². The number of hydrogen-bond donors (Lipinski definition) is 2. The number of aliphatic hydroxyl groups is 1. The summed E-state index contributed by atoms with van der Waals surface area (Å²) in [7, 11) is 0. The highest BCUT2D eigenvalue weighted by Gasteiger charge is 2.57. The lowest BCUT2D eigenvalue weighted by Gasteiger charge is -2.56. The maximum Gasteiger partial charge on any atom is 0.0594 e. The molecule has 0 radical (unpaired) electrons. The van der Waals surface area contributed by atoms with Gasteiger partial charge in [-0.3, -0.25) is 10.00 Å². The van der Waals surface area contributed by atoms with Crippen LogP contribution in [0.3, 0.4) is 0 Å². The van der Waals surface area contributed by atoms with E-state index in [9.17, 15) is 5.11 Å². The highest BCUT2D eigenvalue weighted by Crippen LogP contribution is 2.63. The van der Waals surface area contributed by atoms with E-state index >= 15 is 0 Å². The van der Waals surface area contributed by atoms with E-state index in [1.165, 1.54) is 49.1 Å². The van der Waals surface area contributed by atoms with Gasteiger partial charge in [-0.05, 0) is 78.6 Å². The summed E-state index contributed by atoms with van der Waals surface area (Å²) >= 11 is 0. The van der Waals surface area contributed by atoms with Gasteiger partial charge in [0.15, 0.2) is 0 Å². The summed E-state index contributed by atoms with van der Waals surface area (Å²) in [5.41, 5.74) is 4.52. The van der Waals surface area contributed by atoms with Crippen LogP contribution >= 0.6 is 0 Å². The summed E-state index contributed by atoms with van der Waals surface area (Å²) in [5, 5.41) is 18.0. The number of rotatable bonds is 4. The molecular formula is C25H39N3O2. The van der Waals surface area contributed by atoms with Crippen molar-refractivity contribution in [3.05, 3.63) is 29.6 Å². The molecule has 30 heavy (non-hydrogen) atoms. The minimum Gasteiger partial charge on any atom is -0.396 e. The Labute approximate surface area is 181 Å². The fourth-order valence-electron chi connectivity index (χ4n) is 7.76. The maximum absolute atomic E-state index is 10.4. The van der Waals surface area contributed by atoms with Crippen molar-refractivity contribution in [3.63, 3.8) is 0 Å². The van der Waals surface area contributed by atoms with E-state index in [4.69, 9.17) is 4.74 Å².